The van der Waals surface area contributed by atoms with E-state index in [4.69, 9.17) is 11.6 Å². The third kappa shape index (κ3) is 5.05. The monoisotopic (exact) mass is 488 g/mol. The SMILES string of the molecule is CN(C)S(=O)(=O)c1ccc2c(c1)nc(C(F)(F)F)n2CCC(=O)NCc1ccccc1Cl. The number of aromatic nitrogens is 2. The lowest BCUT2D eigenvalue weighted by Crippen LogP contribution is -2.25. The van der Waals surface area contributed by atoms with Gasteiger partial charge in [-0.05, 0) is 29.8 Å². The number of nitrogens with one attached hydrogen (secondary N) is 1. The number of nitrogens with zero attached hydrogens (tertiary/aromatic N) is 3. The molecule has 0 saturated carbocycles. The van der Waals surface area contributed by atoms with Crippen molar-refractivity contribution in [2.24, 2.45) is 0 Å². The fourth-order valence-electron chi connectivity index (χ4n) is 3.06. The van der Waals surface area contributed by atoms with Crippen molar-refractivity contribution in [3.8, 4) is 0 Å². The summed E-state index contributed by atoms with van der Waals surface area (Å²) in [5.41, 5.74) is 0.631. The van der Waals surface area contributed by atoms with E-state index in [2.05, 4.69) is 10.3 Å². The Hall–Kier alpha value is -2.63. The molecule has 32 heavy (non-hydrogen) atoms. The zero-order chi connectivity index (χ0) is 23.7. The van der Waals surface area contributed by atoms with Crippen molar-refractivity contribution in [3.63, 3.8) is 0 Å². The average Bonchev–Trinajstić information content (AvgIpc) is 3.10. The topological polar surface area (TPSA) is 84.3 Å². The molecular formula is C20H20ClF3N4O3S. The number of halogens is 4. The number of carbonyl (C=O) groups is 1. The number of hydrogen-bond donors (Lipinski definition) is 1. The van der Waals surface area contributed by atoms with Gasteiger partial charge in [0.05, 0.1) is 15.9 Å². The Kier molecular flexibility index (Phi) is 6.82. The van der Waals surface area contributed by atoms with Gasteiger partial charge in [0.2, 0.25) is 21.8 Å². The van der Waals surface area contributed by atoms with E-state index in [0.717, 1.165) is 14.9 Å². The van der Waals surface area contributed by atoms with Gasteiger partial charge in [-0.1, -0.05) is 29.8 Å². The zero-order valence-electron chi connectivity index (χ0n) is 17.1. The number of carbonyl (C=O) groups excluding carboxylic acids is 1. The highest BCUT2D eigenvalue weighted by molar-refractivity contribution is 7.89. The number of amides is 1. The molecule has 0 fully saturated rings. The van der Waals surface area contributed by atoms with Crippen LogP contribution in [0.15, 0.2) is 47.4 Å². The van der Waals surface area contributed by atoms with Crippen molar-refractivity contribution < 1.29 is 26.4 Å². The molecule has 0 aliphatic rings. The molecule has 3 aromatic rings. The second kappa shape index (κ2) is 9.08. The summed E-state index contributed by atoms with van der Waals surface area (Å²) in [5.74, 6) is -1.67. The van der Waals surface area contributed by atoms with Crippen molar-refractivity contribution in [1.29, 1.82) is 0 Å². The number of benzene rings is 2. The lowest BCUT2D eigenvalue weighted by Gasteiger charge is -2.13. The first-order chi connectivity index (χ1) is 14.9. The van der Waals surface area contributed by atoms with E-state index in [9.17, 15) is 26.4 Å². The number of sulfonamides is 1. The van der Waals surface area contributed by atoms with E-state index in [1.807, 2.05) is 0 Å². The summed E-state index contributed by atoms with van der Waals surface area (Å²) < 4.78 is 67.1. The first-order valence-electron chi connectivity index (χ1n) is 9.41. The first kappa shape index (κ1) is 24.0. The minimum Gasteiger partial charge on any atom is -0.352 e. The summed E-state index contributed by atoms with van der Waals surface area (Å²) in [6.45, 7) is -0.152. The number of hydrogen-bond acceptors (Lipinski definition) is 4. The number of aryl methyl sites for hydroxylation is 1. The van der Waals surface area contributed by atoms with Crippen molar-refractivity contribution in [1.82, 2.24) is 19.2 Å². The predicted molar refractivity (Wildman–Crippen MR) is 114 cm³/mol. The smallest absolute Gasteiger partial charge is 0.352 e. The second-order valence-electron chi connectivity index (χ2n) is 7.14. The Balaban J connectivity index is 1.84. The van der Waals surface area contributed by atoms with Crippen LogP contribution < -0.4 is 5.32 Å². The van der Waals surface area contributed by atoms with Gasteiger partial charge >= 0.3 is 6.18 Å². The Morgan fingerprint density at radius 2 is 1.88 bits per heavy atom. The molecule has 0 unspecified atom stereocenters. The number of imidazole rings is 1. The highest BCUT2D eigenvalue weighted by Gasteiger charge is 2.38. The molecule has 1 aromatic heterocycles. The van der Waals surface area contributed by atoms with Crippen LogP contribution in [0, 0.1) is 0 Å². The number of fused-ring (bicyclic) bond motifs is 1. The van der Waals surface area contributed by atoms with Crippen LogP contribution >= 0.6 is 11.6 Å². The molecule has 0 atom stereocenters. The van der Waals surface area contributed by atoms with Gasteiger partial charge in [-0.3, -0.25) is 4.79 Å². The summed E-state index contributed by atoms with van der Waals surface area (Å²) in [5, 5.41) is 3.10. The van der Waals surface area contributed by atoms with E-state index in [-0.39, 0.29) is 35.4 Å². The zero-order valence-corrected chi connectivity index (χ0v) is 18.7. The molecule has 0 radical (unpaired) electrons. The molecule has 1 N–H and O–H groups in total. The van der Waals surface area contributed by atoms with Gasteiger partial charge in [-0.25, -0.2) is 17.7 Å². The van der Waals surface area contributed by atoms with Gasteiger partial charge in [0.15, 0.2) is 0 Å². The number of alkyl halides is 3. The summed E-state index contributed by atoms with van der Waals surface area (Å²) in [7, 11) is -1.20. The molecule has 0 bridgehead atoms. The standard InChI is InChI=1S/C20H20ClF3N4O3S/c1-27(2)32(30,31)14-7-8-17-16(11-14)26-19(20(22,23)24)28(17)10-9-18(29)25-12-13-5-3-4-6-15(13)21/h3-8,11H,9-10,12H2,1-2H3,(H,25,29). The summed E-state index contributed by atoms with van der Waals surface area (Å²) >= 11 is 6.03. The summed E-state index contributed by atoms with van der Waals surface area (Å²) in [6.07, 6.45) is -5.02. The van der Waals surface area contributed by atoms with E-state index in [0.29, 0.717) is 10.6 Å². The predicted octanol–water partition coefficient (Wildman–Crippen LogP) is 3.67. The van der Waals surface area contributed by atoms with E-state index < -0.39 is 27.9 Å². The molecule has 7 nitrogen and oxygen atoms in total. The molecule has 0 spiro atoms. The maximum atomic E-state index is 13.6. The van der Waals surface area contributed by atoms with Crippen molar-refractivity contribution >= 4 is 38.6 Å². The van der Waals surface area contributed by atoms with Gasteiger partial charge in [0.1, 0.15) is 0 Å². The third-order valence-electron chi connectivity index (χ3n) is 4.75. The van der Waals surface area contributed by atoms with Crippen LogP contribution in [0.25, 0.3) is 11.0 Å². The highest BCUT2D eigenvalue weighted by atomic mass is 35.5. The van der Waals surface area contributed by atoms with Crippen LogP contribution in [0.4, 0.5) is 13.2 Å². The van der Waals surface area contributed by atoms with Crippen LogP contribution in [0.3, 0.4) is 0 Å². The fourth-order valence-corrected chi connectivity index (χ4v) is 4.19. The quantitative estimate of drug-likeness (QED) is 0.550. The van der Waals surface area contributed by atoms with E-state index in [1.165, 1.54) is 26.2 Å². The summed E-state index contributed by atoms with van der Waals surface area (Å²) in [6, 6.07) is 10.5. The van der Waals surface area contributed by atoms with Crippen molar-refractivity contribution in [2.45, 2.75) is 30.6 Å². The Labute approximate surface area is 187 Å². The molecular weight excluding hydrogens is 469 g/mol. The van der Waals surface area contributed by atoms with Gasteiger partial charge in [0, 0.05) is 38.6 Å². The normalized spacial score (nSPS) is 12.5. The van der Waals surface area contributed by atoms with Crippen LogP contribution in [-0.2, 0) is 34.1 Å². The lowest BCUT2D eigenvalue weighted by atomic mass is 10.2. The molecule has 2 aromatic carbocycles. The molecule has 1 amide bonds. The average molecular weight is 489 g/mol. The van der Waals surface area contributed by atoms with Gasteiger partial charge in [-0.2, -0.15) is 13.2 Å². The van der Waals surface area contributed by atoms with Crippen molar-refractivity contribution in [3.05, 3.63) is 58.9 Å². The van der Waals surface area contributed by atoms with Crippen LogP contribution in [0.5, 0.6) is 0 Å². The Bertz CT molecular complexity index is 1260. The molecule has 3 rings (SSSR count). The molecule has 12 heteroatoms. The van der Waals surface area contributed by atoms with E-state index >= 15 is 0 Å². The molecule has 172 valence electrons. The van der Waals surface area contributed by atoms with Crippen LogP contribution in [0.1, 0.15) is 17.8 Å². The van der Waals surface area contributed by atoms with E-state index in [1.54, 1.807) is 24.3 Å². The first-order valence-corrected chi connectivity index (χ1v) is 11.2. The Morgan fingerprint density at radius 3 is 2.50 bits per heavy atom. The largest absolute Gasteiger partial charge is 0.449 e. The minimum absolute atomic E-state index is 0.0777. The van der Waals surface area contributed by atoms with Gasteiger partial charge < -0.3 is 9.88 Å². The van der Waals surface area contributed by atoms with Crippen molar-refractivity contribution in [2.75, 3.05) is 14.1 Å². The maximum absolute atomic E-state index is 13.6. The molecule has 0 aliphatic carbocycles. The fraction of sp³-hybridized carbons (Fsp3) is 0.300. The minimum atomic E-state index is -4.78. The van der Waals surface area contributed by atoms with Crippen LogP contribution in [-0.4, -0.2) is 42.3 Å². The molecule has 1 heterocycles. The summed E-state index contributed by atoms with van der Waals surface area (Å²) in [4.78, 5) is 15.7. The highest BCUT2D eigenvalue weighted by Crippen LogP contribution is 2.32. The maximum Gasteiger partial charge on any atom is 0.449 e. The molecule has 0 aliphatic heterocycles. The van der Waals surface area contributed by atoms with Gasteiger partial charge in [-0.15, -0.1) is 0 Å². The third-order valence-corrected chi connectivity index (χ3v) is 6.93. The van der Waals surface area contributed by atoms with Gasteiger partial charge in [0.25, 0.3) is 0 Å². The lowest BCUT2D eigenvalue weighted by molar-refractivity contribution is -0.147. The second-order valence-corrected chi connectivity index (χ2v) is 9.70. The number of rotatable bonds is 7. The molecule has 0 saturated heterocycles. The Morgan fingerprint density at radius 1 is 1.19 bits per heavy atom. The van der Waals surface area contributed by atoms with Crippen LogP contribution in [0.2, 0.25) is 5.02 Å².